The molecule has 0 spiro atoms. The molecule has 4 aromatic carbocycles. The van der Waals surface area contributed by atoms with Gasteiger partial charge in [-0.3, -0.25) is 4.79 Å². The molecule has 154 valence electrons. The van der Waals surface area contributed by atoms with Crippen molar-refractivity contribution < 1.29 is 9.53 Å². The molecule has 0 fully saturated rings. The summed E-state index contributed by atoms with van der Waals surface area (Å²) in [6, 6.07) is 32.8. The molecular formula is C27H22ClNO2. The monoisotopic (exact) mass is 427 g/mol. The number of benzene rings is 4. The summed E-state index contributed by atoms with van der Waals surface area (Å²) in [5.41, 5.74) is 4.20. The van der Waals surface area contributed by atoms with E-state index in [1.165, 1.54) is 0 Å². The van der Waals surface area contributed by atoms with Crippen molar-refractivity contribution in [3.8, 4) is 16.9 Å². The molecule has 0 aromatic heterocycles. The van der Waals surface area contributed by atoms with Gasteiger partial charge in [-0.2, -0.15) is 0 Å². The molecule has 1 amide bonds. The highest BCUT2D eigenvalue weighted by atomic mass is 35.5. The van der Waals surface area contributed by atoms with Gasteiger partial charge in [-0.15, -0.1) is 0 Å². The van der Waals surface area contributed by atoms with E-state index in [0.29, 0.717) is 29.5 Å². The van der Waals surface area contributed by atoms with Gasteiger partial charge in [0.15, 0.2) is 0 Å². The lowest BCUT2D eigenvalue weighted by molar-refractivity contribution is 0.0951. The third-order valence-corrected chi connectivity index (χ3v) is 5.27. The molecule has 0 aliphatic carbocycles. The van der Waals surface area contributed by atoms with Gasteiger partial charge in [0.2, 0.25) is 0 Å². The quantitative estimate of drug-likeness (QED) is 0.364. The third kappa shape index (κ3) is 5.33. The molecule has 0 bridgehead atoms. The number of hydrogen-bond donors (Lipinski definition) is 1. The molecule has 0 aliphatic heterocycles. The molecule has 4 heteroatoms. The maximum Gasteiger partial charge on any atom is 0.252 e. The van der Waals surface area contributed by atoms with E-state index in [0.717, 1.165) is 22.3 Å². The highest BCUT2D eigenvalue weighted by Crippen LogP contribution is 2.32. The highest BCUT2D eigenvalue weighted by molar-refractivity contribution is 6.33. The molecule has 0 unspecified atom stereocenters. The first kappa shape index (κ1) is 20.7. The smallest absolute Gasteiger partial charge is 0.252 e. The second kappa shape index (κ2) is 9.96. The molecule has 4 rings (SSSR count). The summed E-state index contributed by atoms with van der Waals surface area (Å²) < 4.78 is 5.95. The zero-order valence-electron chi connectivity index (χ0n) is 16.9. The van der Waals surface area contributed by atoms with E-state index in [4.69, 9.17) is 16.3 Å². The summed E-state index contributed by atoms with van der Waals surface area (Å²) in [5.74, 6) is 0.452. The van der Waals surface area contributed by atoms with Crippen molar-refractivity contribution in [2.75, 3.05) is 0 Å². The lowest BCUT2D eigenvalue weighted by Gasteiger charge is -2.14. The van der Waals surface area contributed by atoms with Crippen LogP contribution in [0.3, 0.4) is 0 Å². The van der Waals surface area contributed by atoms with Gasteiger partial charge >= 0.3 is 0 Å². The minimum absolute atomic E-state index is 0.177. The van der Waals surface area contributed by atoms with Crippen LogP contribution in [0.25, 0.3) is 11.1 Å². The average Bonchev–Trinajstić information content (AvgIpc) is 2.83. The van der Waals surface area contributed by atoms with Crippen molar-refractivity contribution in [2.45, 2.75) is 13.2 Å². The number of rotatable bonds is 7. The van der Waals surface area contributed by atoms with Crippen molar-refractivity contribution in [3.05, 3.63) is 125 Å². The van der Waals surface area contributed by atoms with Crippen molar-refractivity contribution in [1.29, 1.82) is 0 Å². The van der Waals surface area contributed by atoms with Gasteiger partial charge in [-0.05, 0) is 41.0 Å². The zero-order chi connectivity index (χ0) is 21.5. The van der Waals surface area contributed by atoms with Crippen molar-refractivity contribution >= 4 is 17.5 Å². The molecule has 3 nitrogen and oxygen atoms in total. The molecule has 31 heavy (non-hydrogen) atoms. The maximum atomic E-state index is 13.1. The summed E-state index contributed by atoms with van der Waals surface area (Å²) in [5, 5.41) is 3.60. The Balaban J connectivity index is 1.61. The Kier molecular flexibility index (Phi) is 6.65. The Labute approximate surface area is 187 Å². The van der Waals surface area contributed by atoms with Crippen molar-refractivity contribution in [2.24, 2.45) is 0 Å². The highest BCUT2D eigenvalue weighted by Gasteiger charge is 2.16. The summed E-state index contributed by atoms with van der Waals surface area (Å²) in [6.07, 6.45) is 0. The molecule has 0 radical (unpaired) electrons. The molecule has 0 aliphatic rings. The minimum atomic E-state index is -0.177. The second-order valence-electron chi connectivity index (χ2n) is 7.13. The number of nitrogens with one attached hydrogen (secondary N) is 1. The van der Waals surface area contributed by atoms with Crippen LogP contribution in [0.4, 0.5) is 0 Å². The standard InChI is InChI=1S/C27H22ClNO2/c28-26-14-8-7-13-24(26)23-16-15-22(31-19-21-11-5-2-6-12-21)17-25(23)27(30)29-18-20-9-3-1-4-10-20/h1-17H,18-19H2,(H,29,30). The molecule has 1 N–H and O–H groups in total. The first-order valence-corrected chi connectivity index (χ1v) is 10.5. The fourth-order valence-electron chi connectivity index (χ4n) is 3.33. The molecule has 0 atom stereocenters. The predicted octanol–water partition coefficient (Wildman–Crippen LogP) is 6.52. The van der Waals surface area contributed by atoms with Gasteiger partial charge in [0, 0.05) is 17.1 Å². The lowest BCUT2D eigenvalue weighted by atomic mass is 9.98. The summed E-state index contributed by atoms with van der Waals surface area (Å²) in [4.78, 5) is 13.1. The van der Waals surface area contributed by atoms with E-state index < -0.39 is 0 Å². The van der Waals surface area contributed by atoms with Crippen LogP contribution in [0, 0.1) is 0 Å². The fourth-order valence-corrected chi connectivity index (χ4v) is 3.57. The Hall–Kier alpha value is -3.56. The predicted molar refractivity (Wildman–Crippen MR) is 125 cm³/mol. The van der Waals surface area contributed by atoms with Crippen molar-refractivity contribution in [1.82, 2.24) is 5.32 Å². The number of carbonyl (C=O) groups is 1. The third-order valence-electron chi connectivity index (χ3n) is 4.94. The van der Waals surface area contributed by atoms with Crippen molar-refractivity contribution in [3.63, 3.8) is 0 Å². The molecule has 0 saturated carbocycles. The Morgan fingerprint density at radius 3 is 2.10 bits per heavy atom. The first-order valence-electron chi connectivity index (χ1n) is 10.1. The number of carbonyl (C=O) groups excluding carboxylic acids is 1. The van der Waals surface area contributed by atoms with Gasteiger partial charge in [-0.25, -0.2) is 0 Å². The molecule has 0 heterocycles. The largest absolute Gasteiger partial charge is 0.489 e. The second-order valence-corrected chi connectivity index (χ2v) is 7.54. The Morgan fingerprint density at radius 1 is 0.742 bits per heavy atom. The molecule has 0 saturated heterocycles. The van der Waals surface area contributed by atoms with E-state index in [1.807, 2.05) is 97.1 Å². The van der Waals surface area contributed by atoms with Crippen LogP contribution >= 0.6 is 11.6 Å². The zero-order valence-corrected chi connectivity index (χ0v) is 17.7. The van der Waals surface area contributed by atoms with Gasteiger partial charge in [-0.1, -0.05) is 90.5 Å². The van der Waals surface area contributed by atoms with Gasteiger partial charge in [0.05, 0.1) is 5.56 Å². The van der Waals surface area contributed by atoms with E-state index in [9.17, 15) is 4.79 Å². The van der Waals surface area contributed by atoms with Crippen LogP contribution in [-0.2, 0) is 13.2 Å². The van der Waals surface area contributed by atoms with Crippen LogP contribution in [0.2, 0.25) is 5.02 Å². The number of ether oxygens (including phenoxy) is 1. The average molecular weight is 428 g/mol. The van der Waals surface area contributed by atoms with E-state index >= 15 is 0 Å². The summed E-state index contributed by atoms with van der Waals surface area (Å²) >= 11 is 6.43. The van der Waals surface area contributed by atoms with Crippen LogP contribution in [0.15, 0.2) is 103 Å². The first-order chi connectivity index (χ1) is 15.2. The van der Waals surface area contributed by atoms with E-state index in [1.54, 1.807) is 6.07 Å². The normalized spacial score (nSPS) is 10.5. The topological polar surface area (TPSA) is 38.3 Å². The van der Waals surface area contributed by atoms with Crippen LogP contribution in [0.1, 0.15) is 21.5 Å². The van der Waals surface area contributed by atoms with E-state index in [2.05, 4.69) is 5.32 Å². The number of hydrogen-bond acceptors (Lipinski definition) is 2. The number of halogens is 1. The molecule has 4 aromatic rings. The van der Waals surface area contributed by atoms with Gasteiger partial charge < -0.3 is 10.1 Å². The molecular weight excluding hydrogens is 406 g/mol. The maximum absolute atomic E-state index is 13.1. The Morgan fingerprint density at radius 2 is 1.39 bits per heavy atom. The van der Waals surface area contributed by atoms with Gasteiger partial charge in [0.25, 0.3) is 5.91 Å². The number of amides is 1. The summed E-state index contributed by atoms with van der Waals surface area (Å²) in [6.45, 7) is 0.869. The van der Waals surface area contributed by atoms with E-state index in [-0.39, 0.29) is 5.91 Å². The van der Waals surface area contributed by atoms with Crippen LogP contribution in [-0.4, -0.2) is 5.91 Å². The Bertz CT molecular complexity index is 1160. The summed E-state index contributed by atoms with van der Waals surface area (Å²) in [7, 11) is 0. The van der Waals surface area contributed by atoms with Crippen LogP contribution < -0.4 is 10.1 Å². The minimum Gasteiger partial charge on any atom is -0.489 e. The SMILES string of the molecule is O=C(NCc1ccccc1)c1cc(OCc2ccccc2)ccc1-c1ccccc1Cl. The lowest BCUT2D eigenvalue weighted by Crippen LogP contribution is -2.23. The fraction of sp³-hybridized carbons (Fsp3) is 0.0741. The van der Waals surface area contributed by atoms with Gasteiger partial charge in [0.1, 0.15) is 12.4 Å². The van der Waals surface area contributed by atoms with Crippen LogP contribution in [0.5, 0.6) is 5.75 Å².